The van der Waals surface area contributed by atoms with Gasteiger partial charge in [-0.15, -0.1) is 0 Å². The Balaban J connectivity index is 1.79. The lowest BCUT2D eigenvalue weighted by Crippen LogP contribution is -2.49. The fourth-order valence-electron chi connectivity index (χ4n) is 4.54. The zero-order valence-electron chi connectivity index (χ0n) is 21.3. The molecule has 2 aromatic heterocycles. The number of carbonyl (C=O) groups is 2. The largest absolute Gasteiger partial charge is 0.404 e. The quantitative estimate of drug-likeness (QED) is 0.498. The lowest BCUT2D eigenvalue weighted by Gasteiger charge is -2.32. The molecule has 0 unspecified atom stereocenters. The highest BCUT2D eigenvalue weighted by Crippen LogP contribution is 2.31. The minimum atomic E-state index is -0.652. The van der Waals surface area contributed by atoms with Crippen LogP contribution in [0.2, 0.25) is 0 Å². The number of hydrogen-bond donors (Lipinski definition) is 3. The Bertz CT molecular complexity index is 1080. The van der Waals surface area contributed by atoms with Crippen molar-refractivity contribution in [1.82, 2.24) is 20.1 Å². The maximum Gasteiger partial charge on any atom is 0.270 e. The predicted octanol–water partition coefficient (Wildman–Crippen LogP) is 3.70. The molecule has 0 saturated heterocycles. The summed E-state index contributed by atoms with van der Waals surface area (Å²) in [5.41, 5.74) is 8.79. The molecule has 35 heavy (non-hydrogen) atoms. The average molecular weight is 480 g/mol. The van der Waals surface area contributed by atoms with Crippen LogP contribution in [0.4, 0.5) is 5.69 Å². The van der Waals surface area contributed by atoms with E-state index in [2.05, 4.69) is 32.6 Å². The Morgan fingerprint density at radius 1 is 1.20 bits per heavy atom. The molecule has 2 aromatic rings. The van der Waals surface area contributed by atoms with Crippen LogP contribution in [-0.4, -0.2) is 45.4 Å². The maximum absolute atomic E-state index is 13.4. The predicted molar refractivity (Wildman–Crippen MR) is 138 cm³/mol. The first-order valence-corrected chi connectivity index (χ1v) is 12.2. The molecule has 0 aliphatic heterocycles. The highest BCUT2D eigenvalue weighted by molar-refractivity contribution is 6.11. The molecular weight excluding hydrogens is 442 g/mol. The van der Waals surface area contributed by atoms with Crippen LogP contribution >= 0.6 is 0 Å². The lowest BCUT2D eigenvalue weighted by atomic mass is 9.79. The molecule has 9 nitrogen and oxygen atoms in total. The van der Waals surface area contributed by atoms with E-state index >= 15 is 0 Å². The van der Waals surface area contributed by atoms with Gasteiger partial charge in [0.05, 0.1) is 23.3 Å². The maximum atomic E-state index is 13.4. The number of pyridine rings is 1. The van der Waals surface area contributed by atoms with Crippen molar-refractivity contribution in [1.29, 1.82) is 0 Å². The van der Waals surface area contributed by atoms with E-state index in [4.69, 9.17) is 5.73 Å². The van der Waals surface area contributed by atoms with E-state index in [-0.39, 0.29) is 23.8 Å². The number of aliphatic imine (C=N–C) groups is 1. The van der Waals surface area contributed by atoms with Crippen molar-refractivity contribution in [2.75, 3.05) is 12.4 Å². The molecule has 2 heterocycles. The first-order chi connectivity index (χ1) is 16.7. The minimum absolute atomic E-state index is 0.0347. The Morgan fingerprint density at radius 3 is 2.49 bits per heavy atom. The number of aromatic nitrogens is 3. The fourth-order valence-corrected chi connectivity index (χ4v) is 4.54. The SMILES string of the molecule is CN=C(C(C)=CN)c1ccc(NC(=O)[C@@H](NC(=O)c2ccnn2C(C)C)C2CCC(C)CC2)cn1. The number of nitrogens with zero attached hydrogens (tertiary/aromatic N) is 4. The number of allylic oxidation sites excluding steroid dienone is 1. The molecular formula is C26H37N7O2. The topological polar surface area (TPSA) is 127 Å². The van der Waals surface area contributed by atoms with Gasteiger partial charge < -0.3 is 16.4 Å². The van der Waals surface area contributed by atoms with Gasteiger partial charge >= 0.3 is 0 Å². The van der Waals surface area contributed by atoms with Crippen molar-refractivity contribution in [3.05, 3.63) is 53.8 Å². The standard InChI is InChI=1S/C26H37N7O2/c1-16(2)33-22(12-13-30-33)25(34)32-24(19-8-6-17(3)7-9-19)26(35)31-20-10-11-21(29-15-20)23(28-5)18(4)14-27/h10-17,19,24H,6-9,27H2,1-5H3,(H,31,35)(H,32,34)/t17?,19?,24-/m0/s1. The lowest BCUT2D eigenvalue weighted by molar-refractivity contribution is -0.119. The van der Waals surface area contributed by atoms with Gasteiger partial charge in [-0.2, -0.15) is 5.10 Å². The van der Waals surface area contributed by atoms with Crippen LogP contribution in [0.25, 0.3) is 0 Å². The minimum Gasteiger partial charge on any atom is -0.404 e. The number of carbonyl (C=O) groups excluding carboxylic acids is 2. The second-order valence-corrected chi connectivity index (χ2v) is 9.57. The molecule has 9 heteroatoms. The first-order valence-electron chi connectivity index (χ1n) is 12.2. The molecule has 188 valence electrons. The third-order valence-corrected chi connectivity index (χ3v) is 6.61. The van der Waals surface area contributed by atoms with Crippen molar-refractivity contribution in [3.63, 3.8) is 0 Å². The molecule has 1 fully saturated rings. The Labute approximate surface area is 207 Å². The van der Waals surface area contributed by atoms with Crippen molar-refractivity contribution in [2.24, 2.45) is 22.6 Å². The molecule has 0 aromatic carbocycles. The summed E-state index contributed by atoms with van der Waals surface area (Å²) in [6, 6.07) is 4.64. The van der Waals surface area contributed by atoms with E-state index in [0.29, 0.717) is 28.7 Å². The first kappa shape index (κ1) is 26.1. The number of anilines is 1. The van der Waals surface area contributed by atoms with E-state index in [1.807, 2.05) is 20.8 Å². The van der Waals surface area contributed by atoms with Gasteiger partial charge in [-0.05, 0) is 75.4 Å². The van der Waals surface area contributed by atoms with Crippen LogP contribution in [0, 0.1) is 11.8 Å². The molecule has 4 N–H and O–H groups in total. The van der Waals surface area contributed by atoms with Gasteiger partial charge in [0.1, 0.15) is 11.7 Å². The van der Waals surface area contributed by atoms with Gasteiger partial charge in [-0.3, -0.25) is 24.2 Å². The van der Waals surface area contributed by atoms with E-state index in [9.17, 15) is 9.59 Å². The smallest absolute Gasteiger partial charge is 0.270 e. The zero-order chi connectivity index (χ0) is 25.5. The summed E-state index contributed by atoms with van der Waals surface area (Å²) in [6.07, 6.45) is 8.55. The van der Waals surface area contributed by atoms with Crippen LogP contribution < -0.4 is 16.4 Å². The Hall–Kier alpha value is -3.49. The molecule has 1 saturated carbocycles. The molecule has 0 radical (unpaired) electrons. The van der Waals surface area contributed by atoms with Crippen molar-refractivity contribution in [3.8, 4) is 0 Å². The summed E-state index contributed by atoms with van der Waals surface area (Å²) in [5.74, 6) is 0.154. The monoisotopic (exact) mass is 479 g/mol. The second-order valence-electron chi connectivity index (χ2n) is 9.57. The van der Waals surface area contributed by atoms with Crippen LogP contribution in [0.15, 0.2) is 47.4 Å². The highest BCUT2D eigenvalue weighted by Gasteiger charge is 2.33. The van der Waals surface area contributed by atoms with Crippen molar-refractivity contribution < 1.29 is 9.59 Å². The van der Waals surface area contributed by atoms with Crippen LogP contribution in [-0.2, 0) is 4.79 Å². The number of nitrogens with two attached hydrogens (primary N) is 1. The summed E-state index contributed by atoms with van der Waals surface area (Å²) in [6.45, 7) is 8.02. The van der Waals surface area contributed by atoms with Gasteiger partial charge in [-0.25, -0.2) is 0 Å². The molecule has 0 spiro atoms. The van der Waals surface area contributed by atoms with Gasteiger partial charge in [-0.1, -0.05) is 19.8 Å². The van der Waals surface area contributed by atoms with Crippen LogP contribution in [0.3, 0.4) is 0 Å². The number of rotatable bonds is 8. The fraction of sp³-hybridized carbons (Fsp3) is 0.500. The van der Waals surface area contributed by atoms with Gasteiger partial charge in [0.25, 0.3) is 5.91 Å². The zero-order valence-corrected chi connectivity index (χ0v) is 21.3. The van der Waals surface area contributed by atoms with Crippen molar-refractivity contribution in [2.45, 2.75) is 65.5 Å². The molecule has 0 bridgehead atoms. The van der Waals surface area contributed by atoms with Crippen LogP contribution in [0.5, 0.6) is 0 Å². The van der Waals surface area contributed by atoms with Gasteiger partial charge in [0.2, 0.25) is 5.91 Å². The average Bonchev–Trinajstić information content (AvgIpc) is 3.35. The summed E-state index contributed by atoms with van der Waals surface area (Å²) < 4.78 is 1.67. The third-order valence-electron chi connectivity index (χ3n) is 6.61. The molecule has 3 rings (SSSR count). The van der Waals surface area contributed by atoms with E-state index in [0.717, 1.165) is 31.3 Å². The molecule has 2 amide bonds. The van der Waals surface area contributed by atoms with Gasteiger partial charge in [0, 0.05) is 19.3 Å². The molecule has 1 aliphatic rings. The summed E-state index contributed by atoms with van der Waals surface area (Å²) in [4.78, 5) is 35.3. The summed E-state index contributed by atoms with van der Waals surface area (Å²) in [7, 11) is 1.68. The van der Waals surface area contributed by atoms with E-state index < -0.39 is 6.04 Å². The highest BCUT2D eigenvalue weighted by atomic mass is 16.2. The number of hydrogen-bond acceptors (Lipinski definition) is 6. The number of amides is 2. The van der Waals surface area contributed by atoms with E-state index in [1.54, 1.807) is 42.3 Å². The summed E-state index contributed by atoms with van der Waals surface area (Å²) >= 11 is 0. The van der Waals surface area contributed by atoms with Crippen LogP contribution in [0.1, 0.15) is 75.6 Å². The molecule has 1 aliphatic carbocycles. The normalized spacial score (nSPS) is 19.9. The second kappa shape index (κ2) is 11.8. The van der Waals surface area contributed by atoms with E-state index in [1.165, 1.54) is 6.20 Å². The Kier molecular flexibility index (Phi) is 8.78. The Morgan fingerprint density at radius 2 is 1.91 bits per heavy atom. The molecule has 1 atom stereocenters. The van der Waals surface area contributed by atoms with Gasteiger partial charge in [0.15, 0.2) is 0 Å². The third kappa shape index (κ3) is 6.35. The summed E-state index contributed by atoms with van der Waals surface area (Å²) in [5, 5.41) is 10.2. The van der Waals surface area contributed by atoms with Crippen molar-refractivity contribution >= 4 is 23.2 Å². The number of nitrogens with one attached hydrogen (secondary N) is 2.